The smallest absolute Gasteiger partial charge is 0.160 e. The van der Waals surface area contributed by atoms with E-state index in [1.54, 1.807) is 21.3 Å². The minimum Gasteiger partial charge on any atom is -0.493 e. The van der Waals surface area contributed by atoms with Crippen molar-refractivity contribution >= 4 is 0 Å². The van der Waals surface area contributed by atoms with E-state index in [2.05, 4.69) is 27.4 Å². The summed E-state index contributed by atoms with van der Waals surface area (Å²) in [4.78, 5) is 8.95. The van der Waals surface area contributed by atoms with E-state index in [0.717, 1.165) is 47.7 Å². The Hall–Kier alpha value is -2.18. The molecule has 1 aromatic carbocycles. The van der Waals surface area contributed by atoms with Gasteiger partial charge in [0.25, 0.3) is 0 Å². The van der Waals surface area contributed by atoms with Gasteiger partial charge < -0.3 is 19.5 Å². The molecule has 162 valence electrons. The van der Waals surface area contributed by atoms with Crippen LogP contribution in [0.4, 0.5) is 0 Å². The summed E-state index contributed by atoms with van der Waals surface area (Å²) < 4.78 is 16.1. The fourth-order valence-corrected chi connectivity index (χ4v) is 5.29. The molecule has 0 unspecified atom stereocenters. The van der Waals surface area contributed by atoms with Crippen LogP contribution in [0.1, 0.15) is 48.6 Å². The molecule has 0 bridgehead atoms. The summed E-state index contributed by atoms with van der Waals surface area (Å²) in [6, 6.07) is 6.88. The summed E-state index contributed by atoms with van der Waals surface area (Å²) in [5.41, 5.74) is 2.47. The fourth-order valence-electron chi connectivity index (χ4n) is 5.29. The number of nitrogens with zero attached hydrogens (tertiary/aromatic N) is 2. The summed E-state index contributed by atoms with van der Waals surface area (Å²) in [5, 5.41) is 3.84. The summed E-state index contributed by atoms with van der Waals surface area (Å²) in [5.74, 6) is 4.45. The van der Waals surface area contributed by atoms with E-state index in [0.29, 0.717) is 18.6 Å². The van der Waals surface area contributed by atoms with Crippen LogP contribution >= 0.6 is 0 Å². The second kappa shape index (κ2) is 9.75. The first kappa shape index (κ1) is 21.1. The van der Waals surface area contributed by atoms with Gasteiger partial charge in [0.1, 0.15) is 5.82 Å². The Morgan fingerprint density at radius 2 is 1.70 bits per heavy atom. The molecule has 1 heterocycles. The third kappa shape index (κ3) is 4.30. The second-order valence-electron chi connectivity index (χ2n) is 8.41. The van der Waals surface area contributed by atoms with Crippen LogP contribution in [0.15, 0.2) is 30.6 Å². The number of fused-ring (bicyclic) bond motifs is 1. The largest absolute Gasteiger partial charge is 0.493 e. The van der Waals surface area contributed by atoms with Crippen molar-refractivity contribution in [3.8, 4) is 11.5 Å². The van der Waals surface area contributed by atoms with Crippen LogP contribution in [0, 0.1) is 11.8 Å². The zero-order valence-corrected chi connectivity index (χ0v) is 18.3. The van der Waals surface area contributed by atoms with E-state index in [1.165, 1.54) is 31.2 Å². The zero-order chi connectivity index (χ0) is 20.9. The van der Waals surface area contributed by atoms with Crippen LogP contribution in [-0.2, 0) is 17.7 Å². The average Bonchev–Trinajstić information content (AvgIpc) is 2.79. The van der Waals surface area contributed by atoms with Crippen molar-refractivity contribution in [3.63, 3.8) is 0 Å². The molecule has 0 radical (unpaired) electrons. The number of methoxy groups -OCH3 is 3. The number of rotatable bonds is 9. The monoisotopic (exact) mass is 411 g/mol. The minimum atomic E-state index is 0.474. The maximum Gasteiger partial charge on any atom is 0.160 e. The molecule has 6 heteroatoms. The quantitative estimate of drug-likeness (QED) is 0.678. The van der Waals surface area contributed by atoms with Crippen LogP contribution < -0.4 is 14.8 Å². The molecule has 2 aliphatic rings. The number of nitrogens with one attached hydrogen (secondary N) is 1. The first-order valence-corrected chi connectivity index (χ1v) is 11.0. The number of ether oxygens (including phenoxy) is 3. The summed E-state index contributed by atoms with van der Waals surface area (Å²) >= 11 is 0. The van der Waals surface area contributed by atoms with Crippen molar-refractivity contribution in [1.82, 2.24) is 15.3 Å². The Labute approximate surface area is 179 Å². The molecule has 4 rings (SSSR count). The summed E-state index contributed by atoms with van der Waals surface area (Å²) in [7, 11) is 5.09. The van der Waals surface area contributed by atoms with Crippen molar-refractivity contribution in [1.29, 1.82) is 0 Å². The molecule has 1 N–H and O–H groups in total. The van der Waals surface area contributed by atoms with E-state index < -0.39 is 0 Å². The molecule has 2 fully saturated rings. The van der Waals surface area contributed by atoms with Gasteiger partial charge in [-0.2, -0.15) is 0 Å². The first-order chi connectivity index (χ1) is 14.7. The fraction of sp³-hybridized carbons (Fsp3) is 0.583. The van der Waals surface area contributed by atoms with E-state index in [-0.39, 0.29) is 0 Å². The topological polar surface area (TPSA) is 65.5 Å². The molecule has 0 saturated heterocycles. The van der Waals surface area contributed by atoms with E-state index >= 15 is 0 Å². The summed E-state index contributed by atoms with van der Waals surface area (Å²) in [6.45, 7) is 1.44. The van der Waals surface area contributed by atoms with Crippen LogP contribution in [-0.4, -0.2) is 43.9 Å². The third-order valence-electron chi connectivity index (χ3n) is 6.81. The predicted molar refractivity (Wildman–Crippen MR) is 116 cm³/mol. The molecule has 2 aliphatic carbocycles. The highest BCUT2D eigenvalue weighted by Gasteiger charge is 2.51. The van der Waals surface area contributed by atoms with Crippen LogP contribution in [0.2, 0.25) is 0 Å². The second-order valence-corrected chi connectivity index (χ2v) is 8.41. The van der Waals surface area contributed by atoms with Gasteiger partial charge in [-0.25, -0.2) is 9.97 Å². The van der Waals surface area contributed by atoms with E-state index in [4.69, 9.17) is 14.2 Å². The van der Waals surface area contributed by atoms with Crippen LogP contribution in [0.25, 0.3) is 0 Å². The lowest BCUT2D eigenvalue weighted by Gasteiger charge is -2.55. The maximum absolute atomic E-state index is 5.56. The number of aromatic nitrogens is 2. The highest BCUT2D eigenvalue weighted by Crippen LogP contribution is 2.55. The van der Waals surface area contributed by atoms with Gasteiger partial charge in [0.15, 0.2) is 11.5 Å². The molecule has 0 spiro atoms. The predicted octanol–water partition coefficient (Wildman–Crippen LogP) is 3.74. The molecule has 1 aromatic heterocycles. The lowest BCUT2D eigenvalue weighted by Crippen LogP contribution is -2.57. The first-order valence-electron chi connectivity index (χ1n) is 11.0. The molecule has 2 aromatic rings. The Bertz CT molecular complexity index is 827. The van der Waals surface area contributed by atoms with Gasteiger partial charge in [-0.15, -0.1) is 0 Å². The van der Waals surface area contributed by atoms with Gasteiger partial charge in [0, 0.05) is 50.0 Å². The molecule has 0 aliphatic heterocycles. The van der Waals surface area contributed by atoms with Crippen molar-refractivity contribution in [2.45, 2.75) is 50.6 Å². The molecule has 30 heavy (non-hydrogen) atoms. The Morgan fingerprint density at radius 1 is 0.967 bits per heavy atom. The molecule has 2 saturated carbocycles. The van der Waals surface area contributed by atoms with Gasteiger partial charge in [0.05, 0.1) is 20.8 Å². The number of hydrogen-bond acceptors (Lipinski definition) is 6. The van der Waals surface area contributed by atoms with E-state index in [1.807, 2.05) is 18.5 Å². The Morgan fingerprint density at radius 3 is 2.40 bits per heavy atom. The third-order valence-corrected chi connectivity index (χ3v) is 6.81. The van der Waals surface area contributed by atoms with E-state index in [9.17, 15) is 0 Å². The zero-order valence-electron chi connectivity index (χ0n) is 18.3. The SMILES string of the molecule is COCCc1ncc(CN[C@H]2[C@@H]3CCCC[C@@H]3[C@@H]2c2ccc(OC)c(OC)c2)cn1. The standard InChI is InChI=1S/C24H33N3O3/c1-28-11-10-22-25-13-16(14-26-22)15-27-24-19-7-5-4-6-18(19)23(24)17-8-9-20(29-2)21(12-17)30-3/h8-9,12-14,18-19,23-24,27H,4-7,10-11,15H2,1-3H3/t18-,19+,23-,24-/m0/s1. The molecule has 6 nitrogen and oxygen atoms in total. The van der Waals surface area contributed by atoms with Crippen molar-refractivity contribution in [2.75, 3.05) is 27.9 Å². The highest BCUT2D eigenvalue weighted by atomic mass is 16.5. The van der Waals surface area contributed by atoms with Gasteiger partial charge in [-0.1, -0.05) is 18.9 Å². The molecule has 4 atom stereocenters. The lowest BCUT2D eigenvalue weighted by molar-refractivity contribution is 0.0252. The normalized spacial score (nSPS) is 25.3. The molecular weight excluding hydrogens is 378 g/mol. The molecular formula is C24H33N3O3. The van der Waals surface area contributed by atoms with Crippen molar-refractivity contribution in [2.24, 2.45) is 11.8 Å². The van der Waals surface area contributed by atoms with Gasteiger partial charge in [0.2, 0.25) is 0 Å². The number of hydrogen-bond donors (Lipinski definition) is 1. The van der Waals surface area contributed by atoms with Crippen molar-refractivity contribution in [3.05, 3.63) is 47.5 Å². The van der Waals surface area contributed by atoms with Crippen LogP contribution in [0.5, 0.6) is 11.5 Å². The summed E-state index contributed by atoms with van der Waals surface area (Å²) in [6.07, 6.45) is 9.94. The minimum absolute atomic E-state index is 0.474. The Kier molecular flexibility index (Phi) is 6.85. The average molecular weight is 412 g/mol. The van der Waals surface area contributed by atoms with Crippen LogP contribution in [0.3, 0.4) is 0 Å². The molecule has 0 amide bonds. The highest BCUT2D eigenvalue weighted by molar-refractivity contribution is 5.45. The Balaban J connectivity index is 1.46. The maximum atomic E-state index is 5.56. The van der Waals surface area contributed by atoms with Gasteiger partial charge >= 0.3 is 0 Å². The van der Waals surface area contributed by atoms with Crippen molar-refractivity contribution < 1.29 is 14.2 Å². The number of benzene rings is 1. The van der Waals surface area contributed by atoms with Gasteiger partial charge in [-0.05, 0) is 42.4 Å². The van der Waals surface area contributed by atoms with Gasteiger partial charge in [-0.3, -0.25) is 0 Å². The lowest BCUT2D eigenvalue weighted by atomic mass is 9.53.